The number of ether oxygens (including phenoxy) is 2. The second kappa shape index (κ2) is 11.0. The fraction of sp³-hybridized carbons (Fsp3) is 1.00. The Morgan fingerprint density at radius 2 is 1.12 bits per heavy atom. The second-order valence-corrected chi connectivity index (χ2v) is 5.28. The van der Waals surface area contributed by atoms with E-state index >= 15 is 0 Å². The summed E-state index contributed by atoms with van der Waals surface area (Å²) in [7, 11) is 3.62. The van der Waals surface area contributed by atoms with E-state index in [-0.39, 0.29) is 5.41 Å². The quantitative estimate of drug-likeness (QED) is 0.473. The Morgan fingerprint density at radius 1 is 0.706 bits per heavy atom. The first-order chi connectivity index (χ1) is 8.24. The SMILES string of the molecule is CCCCCC(CCCCC)(COC)COC. The molecule has 0 unspecified atom stereocenters. The van der Waals surface area contributed by atoms with Gasteiger partial charge in [0, 0.05) is 19.6 Å². The van der Waals surface area contributed by atoms with Gasteiger partial charge in [-0.3, -0.25) is 0 Å². The van der Waals surface area contributed by atoms with Crippen molar-refractivity contribution in [3.05, 3.63) is 0 Å². The maximum atomic E-state index is 5.44. The summed E-state index contributed by atoms with van der Waals surface area (Å²) in [6.45, 7) is 6.19. The van der Waals surface area contributed by atoms with Crippen LogP contribution in [0, 0.1) is 5.41 Å². The topological polar surface area (TPSA) is 18.5 Å². The molecule has 0 aromatic rings. The van der Waals surface area contributed by atoms with Gasteiger partial charge in [0.2, 0.25) is 0 Å². The normalized spacial score (nSPS) is 12.0. The van der Waals surface area contributed by atoms with Gasteiger partial charge in [-0.05, 0) is 12.8 Å². The van der Waals surface area contributed by atoms with Gasteiger partial charge < -0.3 is 9.47 Å². The van der Waals surface area contributed by atoms with Crippen LogP contribution in [0.2, 0.25) is 0 Å². The molecule has 0 rings (SSSR count). The minimum atomic E-state index is 0.258. The Balaban J connectivity index is 4.25. The van der Waals surface area contributed by atoms with Crippen molar-refractivity contribution in [3.63, 3.8) is 0 Å². The van der Waals surface area contributed by atoms with Gasteiger partial charge in [-0.2, -0.15) is 0 Å². The zero-order valence-electron chi connectivity index (χ0n) is 12.4. The fourth-order valence-corrected chi connectivity index (χ4v) is 2.57. The molecule has 0 aliphatic rings. The third-order valence-corrected chi connectivity index (χ3v) is 3.52. The Bertz CT molecular complexity index is 139. The average Bonchev–Trinajstić information content (AvgIpc) is 2.30. The minimum Gasteiger partial charge on any atom is -0.384 e. The summed E-state index contributed by atoms with van der Waals surface area (Å²) in [4.78, 5) is 0. The molecule has 0 spiro atoms. The van der Waals surface area contributed by atoms with Crippen LogP contribution in [-0.4, -0.2) is 27.4 Å². The van der Waals surface area contributed by atoms with Gasteiger partial charge in [-0.15, -0.1) is 0 Å². The molecule has 17 heavy (non-hydrogen) atoms. The lowest BCUT2D eigenvalue weighted by atomic mass is 9.79. The fourth-order valence-electron chi connectivity index (χ4n) is 2.57. The largest absolute Gasteiger partial charge is 0.384 e. The summed E-state index contributed by atoms with van der Waals surface area (Å²) in [6, 6.07) is 0. The first kappa shape index (κ1) is 16.9. The molecule has 0 saturated carbocycles. The molecular formula is C15H32O2. The highest BCUT2D eigenvalue weighted by molar-refractivity contribution is 4.79. The van der Waals surface area contributed by atoms with Crippen molar-refractivity contribution in [2.45, 2.75) is 65.2 Å². The predicted octanol–water partition coefficient (Wildman–Crippen LogP) is 4.43. The Morgan fingerprint density at radius 3 is 1.41 bits per heavy atom. The Hall–Kier alpha value is -0.0800. The lowest BCUT2D eigenvalue weighted by Gasteiger charge is -2.32. The van der Waals surface area contributed by atoms with E-state index in [4.69, 9.17) is 9.47 Å². The summed E-state index contributed by atoms with van der Waals surface area (Å²) in [5.74, 6) is 0. The molecule has 0 N–H and O–H groups in total. The average molecular weight is 244 g/mol. The van der Waals surface area contributed by atoms with E-state index in [1.807, 2.05) is 14.2 Å². The molecular weight excluding hydrogens is 212 g/mol. The number of hydrogen-bond donors (Lipinski definition) is 0. The Kier molecular flexibility index (Phi) is 11.0. The van der Waals surface area contributed by atoms with Crippen LogP contribution < -0.4 is 0 Å². The number of methoxy groups -OCH3 is 2. The first-order valence-corrected chi connectivity index (χ1v) is 7.22. The summed E-state index contributed by atoms with van der Waals surface area (Å²) in [5, 5.41) is 0. The van der Waals surface area contributed by atoms with Gasteiger partial charge in [-0.1, -0.05) is 52.4 Å². The molecule has 0 bridgehead atoms. The molecule has 104 valence electrons. The molecule has 0 atom stereocenters. The zero-order chi connectivity index (χ0) is 13.0. The molecule has 0 aromatic heterocycles. The zero-order valence-corrected chi connectivity index (χ0v) is 12.4. The van der Waals surface area contributed by atoms with E-state index in [2.05, 4.69) is 13.8 Å². The number of rotatable bonds is 12. The van der Waals surface area contributed by atoms with Crippen LogP contribution in [0.5, 0.6) is 0 Å². The summed E-state index contributed by atoms with van der Waals surface area (Å²) in [5.41, 5.74) is 0.258. The number of hydrogen-bond acceptors (Lipinski definition) is 2. The van der Waals surface area contributed by atoms with Crippen LogP contribution >= 0.6 is 0 Å². The van der Waals surface area contributed by atoms with E-state index in [1.165, 1.54) is 51.4 Å². The highest BCUT2D eigenvalue weighted by atomic mass is 16.5. The third-order valence-electron chi connectivity index (χ3n) is 3.52. The predicted molar refractivity (Wildman–Crippen MR) is 74.5 cm³/mol. The van der Waals surface area contributed by atoms with Crippen molar-refractivity contribution in [1.29, 1.82) is 0 Å². The van der Waals surface area contributed by atoms with Crippen molar-refractivity contribution >= 4 is 0 Å². The summed E-state index contributed by atoms with van der Waals surface area (Å²) < 4.78 is 10.9. The van der Waals surface area contributed by atoms with Gasteiger partial charge in [0.15, 0.2) is 0 Å². The van der Waals surface area contributed by atoms with Crippen molar-refractivity contribution in [3.8, 4) is 0 Å². The monoisotopic (exact) mass is 244 g/mol. The van der Waals surface area contributed by atoms with Crippen LogP contribution in [-0.2, 0) is 9.47 Å². The van der Waals surface area contributed by atoms with Gasteiger partial charge in [0.1, 0.15) is 0 Å². The van der Waals surface area contributed by atoms with Crippen LogP contribution in [0.1, 0.15) is 65.2 Å². The molecule has 0 aliphatic heterocycles. The van der Waals surface area contributed by atoms with Gasteiger partial charge >= 0.3 is 0 Å². The van der Waals surface area contributed by atoms with Crippen LogP contribution in [0.4, 0.5) is 0 Å². The number of unbranched alkanes of at least 4 members (excludes halogenated alkanes) is 4. The van der Waals surface area contributed by atoms with E-state index in [0.717, 1.165) is 13.2 Å². The minimum absolute atomic E-state index is 0.258. The van der Waals surface area contributed by atoms with Gasteiger partial charge in [0.25, 0.3) is 0 Å². The summed E-state index contributed by atoms with van der Waals surface area (Å²) >= 11 is 0. The second-order valence-electron chi connectivity index (χ2n) is 5.28. The van der Waals surface area contributed by atoms with Crippen molar-refractivity contribution < 1.29 is 9.47 Å². The van der Waals surface area contributed by atoms with Crippen LogP contribution in [0.3, 0.4) is 0 Å². The Labute approximate surface area is 108 Å². The van der Waals surface area contributed by atoms with Gasteiger partial charge in [0.05, 0.1) is 13.2 Å². The van der Waals surface area contributed by atoms with E-state index < -0.39 is 0 Å². The maximum absolute atomic E-state index is 5.44. The van der Waals surface area contributed by atoms with E-state index in [0.29, 0.717) is 0 Å². The van der Waals surface area contributed by atoms with Crippen LogP contribution in [0.25, 0.3) is 0 Å². The van der Waals surface area contributed by atoms with E-state index in [1.54, 1.807) is 0 Å². The standard InChI is InChI=1S/C15H32O2/c1-5-7-9-11-15(13-16-3,14-17-4)12-10-8-6-2/h5-14H2,1-4H3. The van der Waals surface area contributed by atoms with E-state index in [9.17, 15) is 0 Å². The first-order valence-electron chi connectivity index (χ1n) is 7.22. The molecule has 0 aliphatic carbocycles. The molecule has 0 radical (unpaired) electrons. The molecule has 0 aromatic carbocycles. The smallest absolute Gasteiger partial charge is 0.0540 e. The third kappa shape index (κ3) is 7.77. The van der Waals surface area contributed by atoms with Crippen molar-refractivity contribution in [2.24, 2.45) is 5.41 Å². The molecule has 2 nitrogen and oxygen atoms in total. The van der Waals surface area contributed by atoms with Crippen molar-refractivity contribution in [2.75, 3.05) is 27.4 Å². The van der Waals surface area contributed by atoms with Crippen molar-refractivity contribution in [1.82, 2.24) is 0 Å². The molecule has 0 amide bonds. The molecule has 0 saturated heterocycles. The lowest BCUT2D eigenvalue weighted by molar-refractivity contribution is -0.00438. The highest BCUT2D eigenvalue weighted by Gasteiger charge is 2.29. The molecule has 0 heterocycles. The highest BCUT2D eigenvalue weighted by Crippen LogP contribution is 2.32. The van der Waals surface area contributed by atoms with Crippen LogP contribution in [0.15, 0.2) is 0 Å². The van der Waals surface area contributed by atoms with Gasteiger partial charge in [-0.25, -0.2) is 0 Å². The molecule has 2 heteroatoms. The maximum Gasteiger partial charge on any atom is 0.0540 e. The molecule has 0 fully saturated rings. The lowest BCUT2D eigenvalue weighted by Crippen LogP contribution is -2.32. The summed E-state index contributed by atoms with van der Waals surface area (Å²) in [6.07, 6.45) is 10.3.